The summed E-state index contributed by atoms with van der Waals surface area (Å²) < 4.78 is 0. The van der Waals surface area contributed by atoms with Crippen LogP contribution in [0.25, 0.3) is 10.9 Å². The Morgan fingerprint density at radius 1 is 1.30 bits per heavy atom. The average Bonchev–Trinajstić information content (AvgIpc) is 2.53. The molecule has 0 atom stereocenters. The van der Waals surface area contributed by atoms with Crippen molar-refractivity contribution in [2.24, 2.45) is 10.9 Å². The minimum atomic E-state index is 0.108. The van der Waals surface area contributed by atoms with Crippen LogP contribution in [0.15, 0.2) is 35.6 Å². The van der Waals surface area contributed by atoms with Crippen LogP contribution < -0.4 is 10.6 Å². The number of anilines is 1. The number of nitrogens with two attached hydrogens (primary N) is 1. The fourth-order valence-corrected chi connectivity index (χ4v) is 3.40. The smallest absolute Gasteiger partial charge is 0.173 e. The molecule has 3 N–H and O–H groups in total. The maximum Gasteiger partial charge on any atom is 0.173 e. The van der Waals surface area contributed by atoms with Gasteiger partial charge in [0.25, 0.3) is 0 Å². The molecule has 1 aromatic heterocycles. The Balaban J connectivity index is 2.22. The van der Waals surface area contributed by atoms with Crippen molar-refractivity contribution in [3.63, 3.8) is 0 Å². The van der Waals surface area contributed by atoms with Crippen molar-refractivity contribution in [2.75, 3.05) is 29.5 Å². The summed E-state index contributed by atoms with van der Waals surface area (Å²) in [7, 11) is 0. The molecule has 0 aliphatic carbocycles. The number of fused-ring (bicyclic) bond motifs is 1. The van der Waals surface area contributed by atoms with Crippen LogP contribution in [-0.2, 0) is 0 Å². The van der Waals surface area contributed by atoms with E-state index in [9.17, 15) is 0 Å². The topological polar surface area (TPSA) is 74.7 Å². The van der Waals surface area contributed by atoms with Crippen LogP contribution in [-0.4, -0.2) is 40.6 Å². The number of amidine groups is 1. The third-order valence-corrected chi connectivity index (χ3v) is 4.40. The third kappa shape index (κ3) is 2.27. The second-order valence-corrected chi connectivity index (χ2v) is 5.85. The van der Waals surface area contributed by atoms with E-state index in [0.717, 1.165) is 41.2 Å². The zero-order valence-electron chi connectivity index (χ0n) is 11.0. The van der Waals surface area contributed by atoms with Gasteiger partial charge in [-0.25, -0.2) is 0 Å². The van der Waals surface area contributed by atoms with Crippen molar-refractivity contribution in [1.82, 2.24) is 4.98 Å². The molecule has 0 saturated carbocycles. The molecule has 2 aromatic rings. The molecule has 1 fully saturated rings. The van der Waals surface area contributed by atoms with Gasteiger partial charge in [-0.2, -0.15) is 11.8 Å². The van der Waals surface area contributed by atoms with Gasteiger partial charge in [-0.15, -0.1) is 0 Å². The molecule has 104 valence electrons. The average molecular weight is 288 g/mol. The van der Waals surface area contributed by atoms with Crippen molar-refractivity contribution in [2.45, 2.75) is 0 Å². The maximum atomic E-state index is 9.00. The predicted octanol–water partition coefficient (Wildman–Crippen LogP) is 1.88. The Bertz CT molecular complexity index is 653. The van der Waals surface area contributed by atoms with Gasteiger partial charge in [-0.05, 0) is 6.07 Å². The van der Waals surface area contributed by atoms with Crippen molar-refractivity contribution in [3.8, 4) is 0 Å². The maximum absolute atomic E-state index is 9.00. The van der Waals surface area contributed by atoms with Crippen LogP contribution in [0.1, 0.15) is 5.56 Å². The first-order valence-electron chi connectivity index (χ1n) is 6.49. The number of hydrogen-bond donors (Lipinski definition) is 2. The number of pyridine rings is 1. The quantitative estimate of drug-likeness (QED) is 0.382. The second kappa shape index (κ2) is 5.58. The fraction of sp³-hybridized carbons (Fsp3) is 0.286. The van der Waals surface area contributed by atoms with Crippen molar-refractivity contribution in [1.29, 1.82) is 0 Å². The number of para-hydroxylation sites is 1. The highest BCUT2D eigenvalue weighted by atomic mass is 32.2. The van der Waals surface area contributed by atoms with Gasteiger partial charge < -0.3 is 15.8 Å². The molecule has 5 nitrogen and oxygen atoms in total. The Morgan fingerprint density at radius 2 is 2.05 bits per heavy atom. The highest BCUT2D eigenvalue weighted by Crippen LogP contribution is 2.31. The van der Waals surface area contributed by atoms with Crippen LogP contribution in [0.4, 0.5) is 5.69 Å². The SMILES string of the molecule is N/C(=N\O)c1cnc2ccccc2c1N1CCSCC1. The Kier molecular flexibility index (Phi) is 3.64. The standard InChI is InChI=1S/C14H16N4OS/c15-14(17-19)11-9-16-12-4-2-1-3-10(12)13(11)18-5-7-20-8-6-18/h1-4,9,19H,5-8H2,(H2,15,17). The summed E-state index contributed by atoms with van der Waals surface area (Å²) in [6.07, 6.45) is 1.69. The lowest BCUT2D eigenvalue weighted by molar-refractivity contribution is 0.318. The molecule has 0 spiro atoms. The number of thioether (sulfide) groups is 1. The van der Waals surface area contributed by atoms with E-state index in [4.69, 9.17) is 10.9 Å². The fourth-order valence-electron chi connectivity index (χ4n) is 2.50. The Labute approximate surface area is 121 Å². The molecule has 6 heteroatoms. The molecule has 2 heterocycles. The predicted molar refractivity (Wildman–Crippen MR) is 83.8 cm³/mol. The molecule has 3 rings (SSSR count). The van der Waals surface area contributed by atoms with Crippen LogP contribution in [0.5, 0.6) is 0 Å². The van der Waals surface area contributed by atoms with Gasteiger partial charge in [-0.3, -0.25) is 4.98 Å². The van der Waals surface area contributed by atoms with Gasteiger partial charge >= 0.3 is 0 Å². The molecule has 1 aliphatic rings. The number of aromatic nitrogens is 1. The van der Waals surface area contributed by atoms with Gasteiger partial charge in [0, 0.05) is 36.2 Å². The first-order chi connectivity index (χ1) is 9.81. The molecular formula is C14H16N4OS. The summed E-state index contributed by atoms with van der Waals surface area (Å²) in [5.74, 6) is 2.29. The Morgan fingerprint density at radius 3 is 2.80 bits per heavy atom. The lowest BCUT2D eigenvalue weighted by Crippen LogP contribution is -2.34. The number of nitrogens with zero attached hydrogens (tertiary/aromatic N) is 3. The van der Waals surface area contributed by atoms with Crippen molar-refractivity contribution in [3.05, 3.63) is 36.0 Å². The van der Waals surface area contributed by atoms with Gasteiger partial charge in [-0.1, -0.05) is 23.4 Å². The minimum Gasteiger partial charge on any atom is -0.409 e. The first kappa shape index (κ1) is 13.1. The molecule has 20 heavy (non-hydrogen) atoms. The first-order valence-corrected chi connectivity index (χ1v) is 7.65. The molecule has 0 unspecified atom stereocenters. The van der Waals surface area contributed by atoms with Crippen LogP contribution in [0.3, 0.4) is 0 Å². The lowest BCUT2D eigenvalue weighted by Gasteiger charge is -2.31. The summed E-state index contributed by atoms with van der Waals surface area (Å²) in [4.78, 5) is 6.70. The van der Waals surface area contributed by atoms with E-state index in [2.05, 4.69) is 15.0 Å². The van der Waals surface area contributed by atoms with Gasteiger partial charge in [0.05, 0.1) is 16.8 Å². The highest BCUT2D eigenvalue weighted by Gasteiger charge is 2.20. The number of rotatable bonds is 2. The van der Waals surface area contributed by atoms with Crippen molar-refractivity contribution < 1.29 is 5.21 Å². The van der Waals surface area contributed by atoms with Crippen LogP contribution in [0, 0.1) is 0 Å². The molecule has 0 amide bonds. The monoisotopic (exact) mass is 288 g/mol. The summed E-state index contributed by atoms with van der Waals surface area (Å²) in [5, 5.41) is 13.2. The highest BCUT2D eigenvalue weighted by molar-refractivity contribution is 7.99. The second-order valence-electron chi connectivity index (χ2n) is 4.62. The van der Waals surface area contributed by atoms with E-state index in [-0.39, 0.29) is 5.84 Å². The molecular weight excluding hydrogens is 272 g/mol. The number of hydrogen-bond acceptors (Lipinski definition) is 5. The lowest BCUT2D eigenvalue weighted by atomic mass is 10.1. The zero-order valence-corrected chi connectivity index (χ0v) is 11.8. The number of benzene rings is 1. The van der Waals surface area contributed by atoms with E-state index >= 15 is 0 Å². The third-order valence-electron chi connectivity index (χ3n) is 3.46. The zero-order chi connectivity index (χ0) is 13.9. The largest absolute Gasteiger partial charge is 0.409 e. The van der Waals surface area contributed by atoms with Crippen LogP contribution in [0.2, 0.25) is 0 Å². The molecule has 1 aliphatic heterocycles. The Hall–Kier alpha value is -1.95. The normalized spacial score (nSPS) is 16.6. The summed E-state index contributed by atoms with van der Waals surface area (Å²) in [6, 6.07) is 7.97. The summed E-state index contributed by atoms with van der Waals surface area (Å²) in [5.41, 5.74) is 8.46. The van der Waals surface area contributed by atoms with Crippen molar-refractivity contribution >= 4 is 34.2 Å². The van der Waals surface area contributed by atoms with E-state index in [0.29, 0.717) is 5.56 Å². The molecule has 0 radical (unpaired) electrons. The van der Waals surface area contributed by atoms with E-state index in [1.54, 1.807) is 6.20 Å². The summed E-state index contributed by atoms with van der Waals surface area (Å²) in [6.45, 7) is 1.93. The summed E-state index contributed by atoms with van der Waals surface area (Å²) >= 11 is 1.95. The minimum absolute atomic E-state index is 0.108. The molecule has 0 bridgehead atoms. The number of oxime groups is 1. The van der Waals surface area contributed by atoms with E-state index < -0.39 is 0 Å². The molecule has 1 saturated heterocycles. The van der Waals surface area contributed by atoms with Gasteiger partial charge in [0.2, 0.25) is 0 Å². The van der Waals surface area contributed by atoms with E-state index in [1.165, 1.54) is 0 Å². The van der Waals surface area contributed by atoms with Gasteiger partial charge in [0.1, 0.15) is 0 Å². The molecule has 1 aromatic carbocycles. The van der Waals surface area contributed by atoms with E-state index in [1.807, 2.05) is 36.0 Å². The van der Waals surface area contributed by atoms with Crippen LogP contribution >= 0.6 is 11.8 Å². The van der Waals surface area contributed by atoms with Gasteiger partial charge in [0.15, 0.2) is 5.84 Å².